The minimum absolute atomic E-state index is 0.527. The minimum Gasteiger partial charge on any atom is -0.394 e. The summed E-state index contributed by atoms with van der Waals surface area (Å²) in [7, 11) is 0. The van der Waals surface area contributed by atoms with E-state index in [9.17, 15) is 102 Å². The molecule has 14 bridgehead atoms. The van der Waals surface area contributed by atoms with E-state index in [0.29, 0.717) is 0 Å². The summed E-state index contributed by atoms with van der Waals surface area (Å²) >= 11 is 0. The smallest absolute Gasteiger partial charge is 0.187 e. The summed E-state index contributed by atoms with van der Waals surface area (Å²) in [5.74, 6) is -1.37. The van der Waals surface area contributed by atoms with Crippen LogP contribution in [0.1, 0.15) is 13.3 Å². The largest absolute Gasteiger partial charge is 0.394 e. The zero-order valence-electron chi connectivity index (χ0n) is 40.4. The van der Waals surface area contributed by atoms with Gasteiger partial charge in [-0.15, -0.1) is 0 Å². The molecule has 20 N–H and O–H groups in total. The minimum atomic E-state index is -2.17. The lowest BCUT2D eigenvalue weighted by atomic mass is 9.81. The summed E-state index contributed by atoms with van der Waals surface area (Å²) < 4.78 is 74.7. The fourth-order valence-corrected chi connectivity index (χ4v) is 10.9. The second-order valence-corrected chi connectivity index (χ2v) is 20.1. The monoisotopic (exact) mass is 1120 g/mol. The van der Waals surface area contributed by atoms with E-state index in [-0.39, 0.29) is 0 Å². The highest BCUT2D eigenvalue weighted by Gasteiger charge is 2.59. The third-order valence-electron chi connectivity index (χ3n) is 15.3. The van der Waals surface area contributed by atoms with E-state index in [1.54, 1.807) is 0 Å². The normalized spacial score (nSPS) is 55.9. The van der Waals surface area contributed by atoms with E-state index in [2.05, 4.69) is 0 Å². The van der Waals surface area contributed by atoms with Gasteiger partial charge in [-0.2, -0.15) is 0 Å². The van der Waals surface area contributed by atoms with E-state index in [1.165, 1.54) is 6.92 Å². The molecule has 0 radical (unpaired) electrons. The molecule has 442 valence electrons. The molecule has 21 aliphatic rings. The Hall–Kier alpha value is -1.32. The lowest BCUT2D eigenvalue weighted by Gasteiger charge is -2.50. The van der Waals surface area contributed by atoms with Crippen LogP contribution in [-0.2, 0) is 61.6 Å². The third-order valence-corrected chi connectivity index (χ3v) is 15.3. The van der Waals surface area contributed by atoms with Crippen molar-refractivity contribution in [2.75, 3.05) is 39.6 Å². The van der Waals surface area contributed by atoms with Crippen molar-refractivity contribution >= 4 is 0 Å². The van der Waals surface area contributed by atoms with Crippen LogP contribution in [0.2, 0.25) is 0 Å². The Morgan fingerprint density at radius 3 is 0.803 bits per heavy atom. The third kappa shape index (κ3) is 11.7. The Balaban J connectivity index is 1.07. The van der Waals surface area contributed by atoms with Crippen molar-refractivity contribution in [3.8, 4) is 0 Å². The van der Waals surface area contributed by atoms with Gasteiger partial charge in [0.2, 0.25) is 0 Å². The maximum absolute atomic E-state index is 11.4. The van der Waals surface area contributed by atoms with Crippen LogP contribution < -0.4 is 0 Å². The fraction of sp³-hybridized carbons (Fsp3) is 1.00. The number of rotatable bonds is 6. The van der Waals surface area contributed by atoms with E-state index < -0.39 is 261 Å². The Kier molecular flexibility index (Phi) is 20.3. The van der Waals surface area contributed by atoms with Crippen molar-refractivity contribution in [1.29, 1.82) is 0 Å². The van der Waals surface area contributed by atoms with Gasteiger partial charge in [-0.3, -0.25) is 0 Å². The highest BCUT2D eigenvalue weighted by atomic mass is 16.8. The molecule has 21 saturated heterocycles. The second-order valence-electron chi connectivity index (χ2n) is 20.1. The van der Waals surface area contributed by atoms with Crippen molar-refractivity contribution in [2.24, 2.45) is 5.92 Å². The van der Waals surface area contributed by atoms with Gasteiger partial charge in [-0.1, -0.05) is 0 Å². The topological polar surface area (TPSA) is 525 Å². The molecule has 35 atom stereocenters. The Bertz CT molecular complexity index is 1800. The SMILES string of the molecule is CC1O[C@@H]2O[C@@H]3C(CO)O[C@H](O[C@@H]4C(CO)OC(C[C@@H]5C(CO)O[C@H](O[C@@H]6C(CO)O[C@H](O[C@@H]7C(CO)O[C@H](O[C@@H]8C(CO)O[C@@H](O[C@H]1[C@H](O)C2O)[C@@H](O)C8O)[C@@H](O)C7O)[C@@H](O)C6O)[C@@H](O)C5O)[C@@H](O)[C@H]4O)C(O)[C@H]3O. The molecule has 0 saturated carbocycles. The van der Waals surface area contributed by atoms with Gasteiger partial charge in [0.15, 0.2) is 37.7 Å². The van der Waals surface area contributed by atoms with Gasteiger partial charge in [0.1, 0.15) is 146 Å². The fourth-order valence-electron chi connectivity index (χ4n) is 10.9. The average Bonchev–Trinajstić information content (AvgIpc) is 3.42. The maximum Gasteiger partial charge on any atom is 0.187 e. The maximum atomic E-state index is 11.4. The van der Waals surface area contributed by atoms with Crippen molar-refractivity contribution in [1.82, 2.24) is 0 Å². The molecule has 33 heteroatoms. The number of ether oxygens (including phenoxy) is 13. The summed E-state index contributed by atoms with van der Waals surface area (Å²) in [5.41, 5.74) is 0. The molecular weight excluding hydrogens is 1040 g/mol. The zero-order chi connectivity index (χ0) is 55.3. The highest BCUT2D eigenvalue weighted by molar-refractivity contribution is 5.02. The van der Waals surface area contributed by atoms with E-state index in [1.807, 2.05) is 0 Å². The molecule has 0 spiro atoms. The first-order valence-electron chi connectivity index (χ1n) is 24.8. The van der Waals surface area contributed by atoms with Crippen LogP contribution >= 0.6 is 0 Å². The Labute approximate surface area is 430 Å². The number of aliphatic hydroxyl groups is 20. The number of hydrogen-bond acceptors (Lipinski definition) is 33. The van der Waals surface area contributed by atoms with Gasteiger partial charge in [0.05, 0.1) is 64.1 Å². The predicted octanol–water partition coefficient (Wildman–Crippen LogP) is -13.5. The van der Waals surface area contributed by atoms with Crippen LogP contribution in [0.3, 0.4) is 0 Å². The van der Waals surface area contributed by atoms with E-state index >= 15 is 0 Å². The van der Waals surface area contributed by atoms with Crippen molar-refractivity contribution in [3.05, 3.63) is 0 Å². The zero-order valence-corrected chi connectivity index (χ0v) is 40.4. The van der Waals surface area contributed by atoms with Crippen LogP contribution in [0, 0.1) is 5.92 Å². The first kappa shape index (κ1) is 60.8. The van der Waals surface area contributed by atoms with E-state index in [4.69, 9.17) is 61.6 Å². The quantitative estimate of drug-likeness (QED) is 0.117. The molecule has 0 aliphatic carbocycles. The summed E-state index contributed by atoms with van der Waals surface area (Å²) in [6.45, 7) is -4.56. The summed E-state index contributed by atoms with van der Waals surface area (Å²) in [6.07, 6.45) is -64.7. The van der Waals surface area contributed by atoms with Gasteiger partial charge >= 0.3 is 0 Å². The van der Waals surface area contributed by atoms with Crippen LogP contribution in [0.15, 0.2) is 0 Å². The van der Waals surface area contributed by atoms with Crippen molar-refractivity contribution < 1.29 is 164 Å². The van der Waals surface area contributed by atoms with Gasteiger partial charge in [0, 0.05) is 5.92 Å². The molecule has 0 aromatic heterocycles. The standard InChI is InChI=1S/C43H72O33/c1-9-32-21(53)27(59)38(64-9)72-34-14(5-46)68-41(29(61)23(34)55)73-33-13(4-45)65-11(19(51)20(33)52)2-10-12(3-44)66-39(26(58)18(10)50)74-35-16(7-48)69-42(30(62)24(35)56)76-37-17(8-49)70-43(31(63)25(37)57)75-36-15(6-47)67-40(71-32)28(60)22(36)54/h9-63H,2-8H2,1H3/t9?,10-,11?,12?,13?,14?,15?,16?,17?,18?,19-,20-,21-,22?,23-,24?,25?,26+,27?,28+,29?,30+,31+,32-,33-,34-,35-,36-,37-,38-,39-,40+,41-,42-,43-/m1/s1. The second kappa shape index (κ2) is 25.4. The lowest BCUT2D eigenvalue weighted by Crippen LogP contribution is -2.68. The summed E-state index contributed by atoms with van der Waals surface area (Å²) in [5, 5.41) is 221. The van der Waals surface area contributed by atoms with Crippen LogP contribution in [0.4, 0.5) is 0 Å². The Morgan fingerprint density at radius 2 is 0.487 bits per heavy atom. The van der Waals surface area contributed by atoms with Crippen molar-refractivity contribution in [3.63, 3.8) is 0 Å². The molecule has 21 fully saturated rings. The van der Waals surface area contributed by atoms with E-state index in [0.717, 1.165) is 0 Å². The van der Waals surface area contributed by atoms with Crippen LogP contribution in [-0.4, -0.2) is 350 Å². The lowest BCUT2D eigenvalue weighted by molar-refractivity contribution is -0.395. The van der Waals surface area contributed by atoms with Gasteiger partial charge in [-0.05, 0) is 13.3 Å². The first-order valence-corrected chi connectivity index (χ1v) is 24.8. The van der Waals surface area contributed by atoms with Crippen molar-refractivity contribution in [2.45, 2.75) is 222 Å². The van der Waals surface area contributed by atoms with Gasteiger partial charge < -0.3 is 164 Å². The van der Waals surface area contributed by atoms with Crippen LogP contribution in [0.25, 0.3) is 0 Å². The molecule has 0 aromatic rings. The predicted molar refractivity (Wildman–Crippen MR) is 230 cm³/mol. The Morgan fingerprint density at radius 1 is 0.250 bits per heavy atom. The summed E-state index contributed by atoms with van der Waals surface area (Å²) in [6, 6.07) is 0. The molecule has 76 heavy (non-hydrogen) atoms. The first-order chi connectivity index (χ1) is 36.1. The molecule has 0 amide bonds. The molecule has 0 aromatic carbocycles. The molecular formula is C43H72O33. The van der Waals surface area contributed by atoms with Crippen LogP contribution in [0.5, 0.6) is 0 Å². The van der Waals surface area contributed by atoms with Gasteiger partial charge in [-0.25, -0.2) is 0 Å². The highest BCUT2D eigenvalue weighted by Crippen LogP contribution is 2.40. The molecule has 33 nitrogen and oxygen atoms in total. The molecule has 21 rings (SSSR count). The van der Waals surface area contributed by atoms with Gasteiger partial charge in [0.25, 0.3) is 0 Å². The number of hydrogen-bond donors (Lipinski definition) is 20. The number of aliphatic hydroxyl groups excluding tert-OH is 20. The summed E-state index contributed by atoms with van der Waals surface area (Å²) in [4.78, 5) is 0. The molecule has 21 heterocycles. The average molecular weight is 1120 g/mol. The molecule has 21 aliphatic heterocycles. The molecule has 14 unspecified atom stereocenters.